The maximum absolute atomic E-state index is 13.0. The zero-order chi connectivity index (χ0) is 21.2. The first-order valence-corrected chi connectivity index (χ1v) is 10.8. The third kappa shape index (κ3) is 4.47. The van der Waals surface area contributed by atoms with Crippen LogP contribution in [0.1, 0.15) is 65.3 Å². The van der Waals surface area contributed by atoms with Gasteiger partial charge in [0, 0.05) is 4.88 Å². The standard InChI is InChI=1S/C23H29NO4S/c1-6-28-17-10-8-7-9-15(17)20(25)24-21-19(22(26)27-5)16-12-11-14(23(2,3)4)13-18(16)29-21/h7-10,14H,6,11-13H2,1-5H3,(H,24,25)/t14-/m0/s1. The van der Waals surface area contributed by atoms with Crippen LogP contribution in [0.3, 0.4) is 0 Å². The van der Waals surface area contributed by atoms with Gasteiger partial charge in [-0.3, -0.25) is 4.79 Å². The molecule has 29 heavy (non-hydrogen) atoms. The van der Waals surface area contributed by atoms with E-state index in [0.717, 1.165) is 24.8 Å². The van der Waals surface area contributed by atoms with Gasteiger partial charge in [0.15, 0.2) is 0 Å². The van der Waals surface area contributed by atoms with Crippen molar-refractivity contribution in [3.63, 3.8) is 0 Å². The maximum atomic E-state index is 13.0. The molecule has 0 saturated heterocycles. The molecule has 1 aliphatic carbocycles. The Balaban J connectivity index is 1.95. The summed E-state index contributed by atoms with van der Waals surface area (Å²) in [6, 6.07) is 7.12. The number of carbonyl (C=O) groups is 2. The molecule has 1 atom stereocenters. The highest BCUT2D eigenvalue weighted by molar-refractivity contribution is 7.17. The van der Waals surface area contributed by atoms with Gasteiger partial charge in [-0.25, -0.2) is 4.79 Å². The third-order valence-corrected chi connectivity index (χ3v) is 6.71. The van der Waals surface area contributed by atoms with E-state index in [1.54, 1.807) is 18.2 Å². The number of rotatable bonds is 5. The number of esters is 1. The van der Waals surface area contributed by atoms with Crippen LogP contribution in [-0.4, -0.2) is 25.6 Å². The van der Waals surface area contributed by atoms with E-state index in [-0.39, 0.29) is 11.3 Å². The van der Waals surface area contributed by atoms with Crippen LogP contribution in [0, 0.1) is 11.3 Å². The summed E-state index contributed by atoms with van der Waals surface area (Å²) in [4.78, 5) is 26.7. The molecule has 0 unspecified atom stereocenters. The number of benzene rings is 1. The predicted octanol–water partition coefficient (Wildman–Crippen LogP) is 5.34. The van der Waals surface area contributed by atoms with Gasteiger partial charge in [0.1, 0.15) is 10.8 Å². The van der Waals surface area contributed by atoms with Gasteiger partial charge < -0.3 is 14.8 Å². The number of thiophene rings is 1. The zero-order valence-corrected chi connectivity index (χ0v) is 18.6. The normalized spacial score (nSPS) is 16.1. The smallest absolute Gasteiger partial charge is 0.341 e. The molecule has 5 nitrogen and oxygen atoms in total. The number of hydrogen-bond donors (Lipinski definition) is 1. The fourth-order valence-corrected chi connectivity index (χ4v) is 5.15. The summed E-state index contributed by atoms with van der Waals surface area (Å²) in [5.41, 5.74) is 2.18. The summed E-state index contributed by atoms with van der Waals surface area (Å²) in [7, 11) is 1.38. The van der Waals surface area contributed by atoms with Crippen molar-refractivity contribution in [1.82, 2.24) is 0 Å². The summed E-state index contributed by atoms with van der Waals surface area (Å²) < 4.78 is 10.6. The first-order chi connectivity index (χ1) is 13.8. The van der Waals surface area contributed by atoms with E-state index in [4.69, 9.17) is 9.47 Å². The van der Waals surface area contributed by atoms with Crippen LogP contribution in [0.5, 0.6) is 5.75 Å². The molecule has 1 aromatic carbocycles. The number of ether oxygens (including phenoxy) is 2. The van der Waals surface area contributed by atoms with Crippen LogP contribution in [0.4, 0.5) is 5.00 Å². The average Bonchev–Trinajstić information content (AvgIpc) is 3.04. The summed E-state index contributed by atoms with van der Waals surface area (Å²) in [6.45, 7) is 9.11. The SMILES string of the molecule is CCOc1ccccc1C(=O)Nc1sc2c(c1C(=O)OC)CC[C@H](C(C)(C)C)C2. The Morgan fingerprint density at radius 1 is 1.24 bits per heavy atom. The molecule has 0 saturated carbocycles. The molecule has 0 fully saturated rings. The van der Waals surface area contributed by atoms with E-state index < -0.39 is 5.97 Å². The van der Waals surface area contributed by atoms with E-state index in [9.17, 15) is 9.59 Å². The van der Waals surface area contributed by atoms with Crippen LogP contribution in [0.2, 0.25) is 0 Å². The minimum absolute atomic E-state index is 0.201. The average molecular weight is 416 g/mol. The van der Waals surface area contributed by atoms with E-state index >= 15 is 0 Å². The largest absolute Gasteiger partial charge is 0.493 e. The van der Waals surface area contributed by atoms with Crippen molar-refractivity contribution < 1.29 is 19.1 Å². The van der Waals surface area contributed by atoms with Gasteiger partial charge in [-0.1, -0.05) is 32.9 Å². The second-order valence-corrected chi connectivity index (χ2v) is 9.49. The minimum Gasteiger partial charge on any atom is -0.493 e. The maximum Gasteiger partial charge on any atom is 0.341 e. The van der Waals surface area contributed by atoms with E-state index in [2.05, 4.69) is 26.1 Å². The Kier molecular flexibility index (Phi) is 6.32. The lowest BCUT2D eigenvalue weighted by molar-refractivity contribution is 0.0600. The van der Waals surface area contributed by atoms with E-state index in [1.807, 2.05) is 13.0 Å². The fourth-order valence-electron chi connectivity index (χ4n) is 3.84. The minimum atomic E-state index is -0.398. The first-order valence-electron chi connectivity index (χ1n) is 10.0. The molecule has 156 valence electrons. The summed E-state index contributed by atoms with van der Waals surface area (Å²) in [6.07, 6.45) is 2.76. The molecule has 3 rings (SSSR count). The van der Waals surface area contributed by atoms with Gasteiger partial charge >= 0.3 is 5.97 Å². The molecule has 2 aromatic rings. The monoisotopic (exact) mass is 415 g/mol. The van der Waals surface area contributed by atoms with E-state index in [0.29, 0.717) is 34.4 Å². The highest BCUT2D eigenvalue weighted by Gasteiger charge is 2.34. The number of amides is 1. The van der Waals surface area contributed by atoms with Crippen molar-refractivity contribution in [2.45, 2.75) is 47.0 Å². The number of hydrogen-bond acceptors (Lipinski definition) is 5. The Hall–Kier alpha value is -2.34. The zero-order valence-electron chi connectivity index (χ0n) is 17.8. The second-order valence-electron chi connectivity index (χ2n) is 8.39. The highest BCUT2D eigenvalue weighted by atomic mass is 32.1. The van der Waals surface area contributed by atoms with Crippen molar-refractivity contribution in [3.05, 3.63) is 45.8 Å². The second kappa shape index (κ2) is 8.57. The van der Waals surface area contributed by atoms with E-state index in [1.165, 1.54) is 23.3 Å². The van der Waals surface area contributed by atoms with Crippen molar-refractivity contribution in [3.8, 4) is 5.75 Å². The molecular weight excluding hydrogens is 386 g/mol. The molecular formula is C23H29NO4S. The van der Waals surface area contributed by atoms with Crippen molar-refractivity contribution in [1.29, 1.82) is 0 Å². The summed E-state index contributed by atoms with van der Waals surface area (Å²) in [5, 5.41) is 3.51. The molecule has 1 N–H and O–H groups in total. The fraction of sp³-hybridized carbons (Fsp3) is 0.478. The van der Waals surface area contributed by atoms with Gasteiger partial charge in [-0.2, -0.15) is 0 Å². The van der Waals surface area contributed by atoms with Gasteiger partial charge in [-0.05, 0) is 55.2 Å². The number of fused-ring (bicyclic) bond motifs is 1. The molecule has 1 amide bonds. The third-order valence-electron chi connectivity index (χ3n) is 5.54. The molecule has 1 heterocycles. The number of anilines is 1. The van der Waals surface area contributed by atoms with Crippen LogP contribution >= 0.6 is 11.3 Å². The Bertz CT molecular complexity index is 910. The van der Waals surface area contributed by atoms with Crippen molar-refractivity contribution in [2.24, 2.45) is 11.3 Å². The quantitative estimate of drug-likeness (QED) is 0.670. The van der Waals surface area contributed by atoms with Gasteiger partial charge in [-0.15, -0.1) is 11.3 Å². The van der Waals surface area contributed by atoms with Gasteiger partial charge in [0.2, 0.25) is 0 Å². The lowest BCUT2D eigenvalue weighted by Crippen LogP contribution is -2.26. The molecule has 1 aliphatic rings. The van der Waals surface area contributed by atoms with Crippen molar-refractivity contribution >= 4 is 28.2 Å². The number of carbonyl (C=O) groups excluding carboxylic acids is 2. The molecule has 0 radical (unpaired) electrons. The Morgan fingerprint density at radius 2 is 1.97 bits per heavy atom. The molecule has 1 aromatic heterocycles. The van der Waals surface area contributed by atoms with Crippen LogP contribution in [-0.2, 0) is 17.6 Å². The lowest BCUT2D eigenvalue weighted by Gasteiger charge is -2.33. The molecule has 0 bridgehead atoms. The van der Waals surface area contributed by atoms with Gasteiger partial charge in [0.25, 0.3) is 5.91 Å². The Labute approximate surface area is 176 Å². The first kappa shape index (κ1) is 21.4. The molecule has 6 heteroatoms. The topological polar surface area (TPSA) is 64.6 Å². The van der Waals surface area contributed by atoms with Crippen LogP contribution in [0.15, 0.2) is 24.3 Å². The summed E-state index contributed by atoms with van der Waals surface area (Å²) in [5.74, 6) is 0.387. The number of para-hydroxylation sites is 1. The predicted molar refractivity (Wildman–Crippen MR) is 116 cm³/mol. The Morgan fingerprint density at radius 3 is 2.62 bits per heavy atom. The van der Waals surface area contributed by atoms with Crippen LogP contribution in [0.25, 0.3) is 0 Å². The van der Waals surface area contributed by atoms with Gasteiger partial charge in [0.05, 0.1) is 24.8 Å². The molecule has 0 spiro atoms. The number of nitrogens with one attached hydrogen (secondary N) is 1. The van der Waals surface area contributed by atoms with Crippen molar-refractivity contribution in [2.75, 3.05) is 19.0 Å². The van der Waals surface area contributed by atoms with Crippen LogP contribution < -0.4 is 10.1 Å². The number of methoxy groups -OCH3 is 1. The lowest BCUT2D eigenvalue weighted by atomic mass is 9.72. The summed E-state index contributed by atoms with van der Waals surface area (Å²) >= 11 is 1.49. The highest BCUT2D eigenvalue weighted by Crippen LogP contribution is 2.44. The molecule has 0 aliphatic heterocycles.